The van der Waals surface area contributed by atoms with Crippen molar-refractivity contribution >= 4 is 23.0 Å². The molecule has 10 nitrogen and oxygen atoms in total. The van der Waals surface area contributed by atoms with Crippen molar-refractivity contribution in [3.8, 4) is 11.4 Å². The van der Waals surface area contributed by atoms with Gasteiger partial charge in [0.05, 0.1) is 29.0 Å². The van der Waals surface area contributed by atoms with Gasteiger partial charge in [-0.25, -0.2) is 19.0 Å². The first kappa shape index (κ1) is 29.7. The van der Waals surface area contributed by atoms with Crippen molar-refractivity contribution in [1.29, 1.82) is 0 Å². The summed E-state index contributed by atoms with van der Waals surface area (Å²) < 4.78 is 26.9. The Bertz CT molecular complexity index is 1680. The number of cyclic esters (lactones) is 1. The first-order valence-corrected chi connectivity index (χ1v) is 14.1. The number of carbonyl (C=O) groups is 2. The zero-order valence-electron chi connectivity index (χ0n) is 25.1. The van der Waals surface area contributed by atoms with Gasteiger partial charge in [-0.15, -0.1) is 0 Å². The molecule has 4 heterocycles. The zero-order chi connectivity index (χ0) is 30.7. The number of hydrogen-bond acceptors (Lipinski definition) is 8. The second kappa shape index (κ2) is 10.5. The van der Waals surface area contributed by atoms with Crippen LogP contribution in [-0.4, -0.2) is 57.4 Å². The first-order valence-electron chi connectivity index (χ1n) is 14.1. The Balaban J connectivity index is 1.57. The number of nitrogens with one attached hydrogen (secondary N) is 1. The van der Waals surface area contributed by atoms with E-state index in [0.717, 1.165) is 16.5 Å². The van der Waals surface area contributed by atoms with Crippen molar-refractivity contribution in [2.45, 2.75) is 78.4 Å². The Hall–Kier alpha value is -3.83. The number of carbonyl (C=O) groups excluding carboxylic acids is 2. The average Bonchev–Trinajstić information content (AvgIpc) is 3.27. The Morgan fingerprint density at radius 3 is 2.67 bits per heavy atom. The van der Waals surface area contributed by atoms with Crippen LogP contribution in [0.1, 0.15) is 74.9 Å². The van der Waals surface area contributed by atoms with Crippen LogP contribution in [0.2, 0.25) is 0 Å². The summed E-state index contributed by atoms with van der Waals surface area (Å²) in [5.41, 5.74) is 1.05. The van der Waals surface area contributed by atoms with Crippen LogP contribution >= 0.6 is 0 Å². The molecule has 0 radical (unpaired) electrons. The second-order valence-electron chi connectivity index (χ2n) is 12.2. The van der Waals surface area contributed by atoms with E-state index in [1.54, 1.807) is 37.6 Å². The van der Waals surface area contributed by atoms with Gasteiger partial charge in [-0.3, -0.25) is 4.79 Å². The molecule has 2 aliphatic heterocycles. The summed E-state index contributed by atoms with van der Waals surface area (Å²) in [5.74, 6) is -1.19. The molecule has 1 amide bonds. The molecule has 0 saturated heterocycles. The molecule has 224 valence electrons. The summed E-state index contributed by atoms with van der Waals surface area (Å²) in [6.45, 7) is 11.6. The van der Waals surface area contributed by atoms with E-state index in [-0.39, 0.29) is 42.3 Å². The molecular formula is C31H37FN4O6. The maximum atomic E-state index is 14.7. The summed E-state index contributed by atoms with van der Waals surface area (Å²) in [6, 6.07) is 4.53. The third-order valence-corrected chi connectivity index (χ3v) is 8.05. The lowest BCUT2D eigenvalue weighted by Crippen LogP contribution is -2.44. The second-order valence-corrected chi connectivity index (χ2v) is 12.2. The molecule has 0 aliphatic carbocycles. The average molecular weight is 581 g/mol. The molecule has 42 heavy (non-hydrogen) atoms. The summed E-state index contributed by atoms with van der Waals surface area (Å²) >= 11 is 0. The lowest BCUT2D eigenvalue weighted by atomic mass is 9.86. The van der Waals surface area contributed by atoms with Crippen LogP contribution in [0.3, 0.4) is 0 Å². The number of fused-ring (bicyclic) bond motifs is 5. The molecule has 3 aromatic rings. The number of likely N-dealkylation sites (N-methyl/N-ethyl adjacent to an activating group) is 1. The topological polar surface area (TPSA) is 123 Å². The number of rotatable bonds is 6. The number of benzene rings is 1. The first-order chi connectivity index (χ1) is 19.7. The number of esters is 1. The van der Waals surface area contributed by atoms with Crippen molar-refractivity contribution in [2.24, 2.45) is 0 Å². The third kappa shape index (κ3) is 4.94. The van der Waals surface area contributed by atoms with Crippen LogP contribution in [0.4, 0.5) is 9.18 Å². The number of nitrogens with zero attached hydrogens (tertiary/aromatic N) is 3. The Kier molecular flexibility index (Phi) is 7.39. The van der Waals surface area contributed by atoms with Crippen LogP contribution in [0.5, 0.6) is 0 Å². The highest BCUT2D eigenvalue weighted by atomic mass is 19.1. The molecule has 2 aliphatic rings. The molecule has 2 N–H and O–H groups in total. The fourth-order valence-corrected chi connectivity index (χ4v) is 5.72. The monoisotopic (exact) mass is 580 g/mol. The van der Waals surface area contributed by atoms with E-state index in [0.29, 0.717) is 35.6 Å². The highest BCUT2D eigenvalue weighted by Gasteiger charge is 2.45. The van der Waals surface area contributed by atoms with Gasteiger partial charge in [0, 0.05) is 48.8 Å². The number of halogens is 1. The SMILES string of the molecule is CC[C@@]1(O)C(=O)OCc2c1cc1n(c2=O)Cc2c-1nc1cc(F)c(C)cc1c2[C@H](C)NCCN(C)C(=O)OC(C)(C)C. The lowest BCUT2D eigenvalue weighted by molar-refractivity contribution is -0.172. The smallest absolute Gasteiger partial charge is 0.410 e. The van der Waals surface area contributed by atoms with E-state index in [1.165, 1.54) is 11.0 Å². The quantitative estimate of drug-likeness (QED) is 0.328. The van der Waals surface area contributed by atoms with Crippen LogP contribution in [-0.2, 0) is 33.0 Å². The predicted octanol–water partition coefficient (Wildman–Crippen LogP) is 4.04. The number of hydrogen-bond donors (Lipinski definition) is 2. The molecule has 0 spiro atoms. The van der Waals surface area contributed by atoms with Gasteiger partial charge in [0.25, 0.3) is 5.56 Å². The Morgan fingerprint density at radius 1 is 1.29 bits per heavy atom. The minimum atomic E-state index is -1.94. The summed E-state index contributed by atoms with van der Waals surface area (Å²) in [4.78, 5) is 44.9. The highest BCUT2D eigenvalue weighted by Crippen LogP contribution is 2.42. The van der Waals surface area contributed by atoms with Gasteiger partial charge in [-0.2, -0.15) is 0 Å². The molecule has 5 rings (SSSR count). The largest absolute Gasteiger partial charge is 0.458 e. The van der Waals surface area contributed by atoms with E-state index >= 15 is 0 Å². The van der Waals surface area contributed by atoms with Gasteiger partial charge in [0.2, 0.25) is 0 Å². The molecule has 0 unspecified atom stereocenters. The van der Waals surface area contributed by atoms with Crippen LogP contribution < -0.4 is 10.9 Å². The molecule has 2 atom stereocenters. The summed E-state index contributed by atoms with van der Waals surface area (Å²) in [7, 11) is 1.67. The van der Waals surface area contributed by atoms with Crippen molar-refractivity contribution in [3.05, 3.63) is 62.2 Å². The van der Waals surface area contributed by atoms with Gasteiger partial charge in [0.1, 0.15) is 18.0 Å². The Labute approximate surface area is 243 Å². The zero-order valence-corrected chi connectivity index (χ0v) is 25.1. The number of pyridine rings is 2. The summed E-state index contributed by atoms with van der Waals surface area (Å²) in [6.07, 6.45) is -0.389. The van der Waals surface area contributed by atoms with E-state index in [1.807, 2.05) is 27.7 Å². The van der Waals surface area contributed by atoms with E-state index in [2.05, 4.69) is 5.32 Å². The lowest BCUT2D eigenvalue weighted by Gasteiger charge is -2.31. The predicted molar refractivity (Wildman–Crippen MR) is 155 cm³/mol. The minimum Gasteiger partial charge on any atom is -0.458 e. The highest BCUT2D eigenvalue weighted by molar-refractivity contribution is 5.90. The van der Waals surface area contributed by atoms with Gasteiger partial charge < -0.3 is 29.4 Å². The Morgan fingerprint density at radius 2 is 2.00 bits per heavy atom. The van der Waals surface area contributed by atoms with Crippen molar-refractivity contribution in [1.82, 2.24) is 19.8 Å². The van der Waals surface area contributed by atoms with E-state index in [9.17, 15) is 23.9 Å². The van der Waals surface area contributed by atoms with Crippen LogP contribution in [0.25, 0.3) is 22.3 Å². The van der Waals surface area contributed by atoms with Crippen molar-refractivity contribution in [3.63, 3.8) is 0 Å². The maximum Gasteiger partial charge on any atom is 0.410 e. The van der Waals surface area contributed by atoms with Gasteiger partial charge in [-0.05, 0) is 64.3 Å². The maximum absolute atomic E-state index is 14.7. The fourth-order valence-electron chi connectivity index (χ4n) is 5.72. The number of aromatic nitrogens is 2. The van der Waals surface area contributed by atoms with Gasteiger partial charge >= 0.3 is 12.1 Å². The van der Waals surface area contributed by atoms with Gasteiger partial charge in [-0.1, -0.05) is 6.92 Å². The van der Waals surface area contributed by atoms with Gasteiger partial charge in [0.15, 0.2) is 5.60 Å². The normalized spacial score (nSPS) is 18.3. The number of aryl methyl sites for hydroxylation is 1. The molecule has 0 saturated carbocycles. The molecule has 2 aromatic heterocycles. The van der Waals surface area contributed by atoms with Crippen molar-refractivity contribution < 1.29 is 28.6 Å². The molecule has 11 heteroatoms. The standard InChI is InChI=1S/C31H37FN4O6/c1-8-31(40)21-12-24-26-19(14-36(24)27(37)20(21)15-41-28(31)38)25(18-11-16(2)22(32)13-23(18)34-26)17(3)33-9-10-35(7)29(39)42-30(4,5)6/h11-13,17,33,40H,8-10,14-15H2,1-7H3/t17-,31-/m0/s1. The summed E-state index contributed by atoms with van der Waals surface area (Å²) in [5, 5.41) is 15.4. The van der Waals surface area contributed by atoms with Crippen LogP contribution in [0.15, 0.2) is 23.0 Å². The number of aliphatic hydroxyl groups is 1. The molecule has 0 bridgehead atoms. The van der Waals surface area contributed by atoms with E-state index in [4.69, 9.17) is 14.5 Å². The third-order valence-electron chi connectivity index (χ3n) is 8.05. The van der Waals surface area contributed by atoms with Crippen molar-refractivity contribution in [2.75, 3.05) is 20.1 Å². The van der Waals surface area contributed by atoms with E-state index < -0.39 is 29.1 Å². The minimum absolute atomic E-state index is 0.0359. The van der Waals surface area contributed by atoms with Crippen LogP contribution in [0, 0.1) is 12.7 Å². The fraction of sp³-hybridized carbons (Fsp3) is 0.484. The molecular weight excluding hydrogens is 543 g/mol. The molecule has 1 aromatic carbocycles. The molecule has 0 fully saturated rings. The number of amides is 1. The number of ether oxygens (including phenoxy) is 2.